The molecule has 0 atom stereocenters. The van der Waals surface area contributed by atoms with Gasteiger partial charge in [-0.1, -0.05) is 13.8 Å². The lowest BCUT2D eigenvalue weighted by molar-refractivity contribution is 0.250. The zero-order valence-electron chi connectivity index (χ0n) is 14.4. The summed E-state index contributed by atoms with van der Waals surface area (Å²) in [5.74, 6) is 2.66. The van der Waals surface area contributed by atoms with E-state index in [4.69, 9.17) is 4.99 Å². The number of nitrogens with zero attached hydrogens (tertiary/aromatic N) is 2. The van der Waals surface area contributed by atoms with Crippen LogP contribution in [0.4, 0.5) is 0 Å². The molecule has 1 heterocycles. The number of aryl methyl sites for hydroxylation is 1. The molecule has 1 saturated carbocycles. The normalized spacial score (nSPS) is 22.9. The Balaban J connectivity index is 1.88. The predicted octanol–water partition coefficient (Wildman–Crippen LogP) is 3.72. The minimum Gasteiger partial charge on any atom is -0.357 e. The molecule has 1 aromatic rings. The summed E-state index contributed by atoms with van der Waals surface area (Å²) in [6.07, 6.45) is 5.19. The van der Waals surface area contributed by atoms with Crippen LogP contribution in [0.5, 0.6) is 0 Å². The summed E-state index contributed by atoms with van der Waals surface area (Å²) in [5, 5.41) is 6.99. The number of hydrogen-bond donors (Lipinski definition) is 2. The maximum absolute atomic E-state index is 4.73. The third kappa shape index (κ3) is 4.97. The molecule has 124 valence electrons. The van der Waals surface area contributed by atoms with Gasteiger partial charge in [0.2, 0.25) is 0 Å². The SMILES string of the molecule is CCNC(=NCc1scnc1C)NC1CCC(C(C)C)CC1. The van der Waals surface area contributed by atoms with Crippen LogP contribution >= 0.6 is 11.3 Å². The largest absolute Gasteiger partial charge is 0.357 e. The summed E-state index contributed by atoms with van der Waals surface area (Å²) in [4.78, 5) is 10.3. The van der Waals surface area contributed by atoms with E-state index in [-0.39, 0.29) is 0 Å². The first-order valence-corrected chi connectivity index (χ1v) is 9.42. The molecule has 0 saturated heterocycles. The van der Waals surface area contributed by atoms with Gasteiger partial charge in [-0.3, -0.25) is 0 Å². The average molecular weight is 323 g/mol. The first kappa shape index (κ1) is 17.3. The maximum Gasteiger partial charge on any atom is 0.191 e. The highest BCUT2D eigenvalue weighted by Gasteiger charge is 2.23. The zero-order valence-corrected chi connectivity index (χ0v) is 15.2. The van der Waals surface area contributed by atoms with Crippen molar-refractivity contribution in [2.45, 2.75) is 66.0 Å². The van der Waals surface area contributed by atoms with E-state index in [9.17, 15) is 0 Å². The molecule has 1 fully saturated rings. The van der Waals surface area contributed by atoms with E-state index >= 15 is 0 Å². The summed E-state index contributed by atoms with van der Waals surface area (Å²) < 4.78 is 0. The van der Waals surface area contributed by atoms with Crippen LogP contribution < -0.4 is 10.6 Å². The highest BCUT2D eigenvalue weighted by atomic mass is 32.1. The molecule has 1 aromatic heterocycles. The third-order valence-corrected chi connectivity index (χ3v) is 5.55. The van der Waals surface area contributed by atoms with Gasteiger partial charge >= 0.3 is 0 Å². The second kappa shape index (κ2) is 8.51. The highest BCUT2D eigenvalue weighted by Crippen LogP contribution is 2.29. The molecule has 1 aliphatic rings. The lowest BCUT2D eigenvalue weighted by atomic mass is 9.80. The fourth-order valence-electron chi connectivity index (χ4n) is 3.07. The maximum atomic E-state index is 4.73. The minimum atomic E-state index is 0.565. The quantitative estimate of drug-likeness (QED) is 0.641. The summed E-state index contributed by atoms with van der Waals surface area (Å²) >= 11 is 1.69. The average Bonchev–Trinajstić information content (AvgIpc) is 2.91. The van der Waals surface area contributed by atoms with E-state index < -0.39 is 0 Å². The van der Waals surface area contributed by atoms with Crippen LogP contribution in [0.3, 0.4) is 0 Å². The van der Waals surface area contributed by atoms with Crippen LogP contribution in [0.1, 0.15) is 57.0 Å². The van der Waals surface area contributed by atoms with Crippen LogP contribution in [0.2, 0.25) is 0 Å². The summed E-state index contributed by atoms with van der Waals surface area (Å²) in [6.45, 7) is 10.5. The smallest absolute Gasteiger partial charge is 0.191 e. The van der Waals surface area contributed by atoms with Gasteiger partial charge in [0.25, 0.3) is 0 Å². The van der Waals surface area contributed by atoms with Crippen molar-refractivity contribution in [2.75, 3.05) is 6.54 Å². The van der Waals surface area contributed by atoms with Gasteiger partial charge in [-0.25, -0.2) is 9.98 Å². The summed E-state index contributed by atoms with van der Waals surface area (Å²) in [6, 6.07) is 0.565. The van der Waals surface area contributed by atoms with E-state index in [1.807, 2.05) is 5.51 Å². The Hall–Kier alpha value is -1.10. The Kier molecular flexibility index (Phi) is 6.68. The molecule has 4 nitrogen and oxygen atoms in total. The second-order valence-electron chi connectivity index (χ2n) is 6.56. The van der Waals surface area contributed by atoms with Crippen LogP contribution in [-0.2, 0) is 6.54 Å². The Morgan fingerprint density at radius 1 is 1.36 bits per heavy atom. The predicted molar refractivity (Wildman–Crippen MR) is 95.4 cm³/mol. The van der Waals surface area contributed by atoms with Crippen molar-refractivity contribution in [1.29, 1.82) is 0 Å². The molecule has 22 heavy (non-hydrogen) atoms. The van der Waals surface area contributed by atoms with Gasteiger partial charge in [-0.15, -0.1) is 11.3 Å². The van der Waals surface area contributed by atoms with Gasteiger partial charge in [-0.05, 0) is 51.4 Å². The summed E-state index contributed by atoms with van der Waals surface area (Å²) in [5.41, 5.74) is 3.00. The molecule has 0 radical (unpaired) electrons. The number of rotatable bonds is 5. The van der Waals surface area contributed by atoms with Crippen LogP contribution in [-0.4, -0.2) is 23.5 Å². The molecular formula is C17H30N4S. The minimum absolute atomic E-state index is 0.565. The van der Waals surface area contributed by atoms with Gasteiger partial charge in [0.15, 0.2) is 5.96 Å². The van der Waals surface area contributed by atoms with E-state index in [1.165, 1.54) is 30.6 Å². The molecule has 0 aliphatic heterocycles. The van der Waals surface area contributed by atoms with E-state index in [0.29, 0.717) is 12.6 Å². The van der Waals surface area contributed by atoms with Gasteiger partial charge in [0.05, 0.1) is 17.7 Å². The Morgan fingerprint density at radius 2 is 2.09 bits per heavy atom. The Morgan fingerprint density at radius 3 is 2.64 bits per heavy atom. The van der Waals surface area contributed by atoms with Crippen molar-refractivity contribution in [3.05, 3.63) is 16.1 Å². The van der Waals surface area contributed by atoms with E-state index in [2.05, 4.69) is 43.3 Å². The van der Waals surface area contributed by atoms with Crippen LogP contribution in [0.25, 0.3) is 0 Å². The molecule has 1 aliphatic carbocycles. The number of nitrogens with one attached hydrogen (secondary N) is 2. The first-order chi connectivity index (χ1) is 10.6. The Bertz CT molecular complexity index is 473. The number of aromatic nitrogens is 1. The van der Waals surface area contributed by atoms with Gasteiger partial charge < -0.3 is 10.6 Å². The number of hydrogen-bond acceptors (Lipinski definition) is 3. The highest BCUT2D eigenvalue weighted by molar-refractivity contribution is 7.09. The molecule has 0 unspecified atom stereocenters. The van der Waals surface area contributed by atoms with Crippen molar-refractivity contribution in [3.8, 4) is 0 Å². The van der Waals surface area contributed by atoms with Crippen molar-refractivity contribution >= 4 is 17.3 Å². The first-order valence-electron chi connectivity index (χ1n) is 8.54. The van der Waals surface area contributed by atoms with Crippen LogP contribution in [0, 0.1) is 18.8 Å². The molecule has 0 bridgehead atoms. The summed E-state index contributed by atoms with van der Waals surface area (Å²) in [7, 11) is 0. The van der Waals surface area contributed by atoms with Crippen molar-refractivity contribution < 1.29 is 0 Å². The topological polar surface area (TPSA) is 49.3 Å². The van der Waals surface area contributed by atoms with Crippen molar-refractivity contribution in [3.63, 3.8) is 0 Å². The molecule has 2 rings (SSSR count). The number of guanidine groups is 1. The zero-order chi connectivity index (χ0) is 15.9. The lowest BCUT2D eigenvalue weighted by Gasteiger charge is -2.32. The molecular weight excluding hydrogens is 292 g/mol. The molecule has 0 spiro atoms. The second-order valence-corrected chi connectivity index (χ2v) is 7.50. The molecule has 5 heteroatoms. The lowest BCUT2D eigenvalue weighted by Crippen LogP contribution is -2.45. The van der Waals surface area contributed by atoms with E-state index in [0.717, 1.165) is 30.0 Å². The molecule has 0 aromatic carbocycles. The Labute approximate surface area is 138 Å². The monoisotopic (exact) mass is 322 g/mol. The standard InChI is InChI=1S/C17H30N4S/c1-5-18-17(19-10-16-13(4)20-11-22-16)21-15-8-6-14(7-9-15)12(2)3/h11-12,14-15H,5-10H2,1-4H3,(H2,18,19,21). The fraction of sp³-hybridized carbons (Fsp3) is 0.765. The van der Waals surface area contributed by atoms with Crippen molar-refractivity contribution in [1.82, 2.24) is 15.6 Å². The van der Waals surface area contributed by atoms with Gasteiger partial charge in [0, 0.05) is 17.5 Å². The third-order valence-electron chi connectivity index (χ3n) is 4.63. The molecule has 2 N–H and O–H groups in total. The number of aliphatic imine (C=N–C) groups is 1. The van der Waals surface area contributed by atoms with E-state index in [1.54, 1.807) is 11.3 Å². The molecule has 0 amide bonds. The fourth-order valence-corrected chi connectivity index (χ4v) is 3.77. The van der Waals surface area contributed by atoms with Crippen molar-refractivity contribution in [2.24, 2.45) is 16.8 Å². The number of thiazole rings is 1. The van der Waals surface area contributed by atoms with Gasteiger partial charge in [-0.2, -0.15) is 0 Å². The van der Waals surface area contributed by atoms with Gasteiger partial charge in [0.1, 0.15) is 0 Å². The van der Waals surface area contributed by atoms with Crippen LogP contribution in [0.15, 0.2) is 10.5 Å².